The third-order valence-electron chi connectivity index (χ3n) is 3.53. The molecule has 1 fully saturated rings. The third kappa shape index (κ3) is 4.84. The van der Waals surface area contributed by atoms with Crippen LogP contribution in [-0.4, -0.2) is 44.0 Å². The van der Waals surface area contributed by atoms with Crippen LogP contribution in [0.3, 0.4) is 0 Å². The molecule has 0 bridgehead atoms. The maximum Gasteiger partial charge on any atom is 0.422 e. The minimum atomic E-state index is -4.41. The summed E-state index contributed by atoms with van der Waals surface area (Å²) in [7, 11) is 0. The van der Waals surface area contributed by atoms with Gasteiger partial charge in [-0.25, -0.2) is 0 Å². The van der Waals surface area contributed by atoms with Crippen molar-refractivity contribution in [3.8, 4) is 5.75 Å². The first kappa shape index (κ1) is 17.6. The number of carbonyl (C=O) groups excluding carboxylic acids is 1. The lowest BCUT2D eigenvalue weighted by atomic mass is 10.1. The van der Waals surface area contributed by atoms with Gasteiger partial charge in [0.25, 0.3) is 0 Å². The number of hydrogen-bond acceptors (Lipinski definition) is 4. The molecule has 2 N–H and O–H groups in total. The molecule has 0 radical (unpaired) electrons. The molecule has 0 saturated carbocycles. The summed E-state index contributed by atoms with van der Waals surface area (Å²) in [4.78, 5) is 12.3. The minimum absolute atomic E-state index is 0.0843. The molecule has 1 aliphatic heterocycles. The summed E-state index contributed by atoms with van der Waals surface area (Å²) >= 11 is 0. The summed E-state index contributed by atoms with van der Waals surface area (Å²) in [5, 5.41) is 5.76. The van der Waals surface area contributed by atoms with Crippen LogP contribution in [0, 0.1) is 6.92 Å². The molecule has 23 heavy (non-hydrogen) atoms. The number of carbonyl (C=O) groups is 1. The van der Waals surface area contributed by atoms with Crippen LogP contribution < -0.4 is 15.4 Å². The number of amides is 1. The van der Waals surface area contributed by atoms with Crippen LogP contribution >= 0.6 is 0 Å². The van der Waals surface area contributed by atoms with Gasteiger partial charge >= 0.3 is 6.18 Å². The largest absolute Gasteiger partial charge is 0.484 e. The number of ether oxygens (including phenoxy) is 2. The maximum absolute atomic E-state index is 12.3. The molecule has 1 saturated heterocycles. The Morgan fingerprint density at radius 3 is 2.87 bits per heavy atom. The fourth-order valence-electron chi connectivity index (χ4n) is 2.30. The molecule has 5 nitrogen and oxygen atoms in total. The highest BCUT2D eigenvalue weighted by molar-refractivity contribution is 5.96. The summed E-state index contributed by atoms with van der Waals surface area (Å²) in [6, 6.07) is 4.06. The Labute approximate surface area is 132 Å². The topological polar surface area (TPSA) is 59.6 Å². The van der Waals surface area contributed by atoms with Gasteiger partial charge in [-0.15, -0.1) is 0 Å². The molecule has 2 rings (SSSR count). The van der Waals surface area contributed by atoms with Gasteiger partial charge in [-0.3, -0.25) is 4.79 Å². The number of benzene rings is 1. The van der Waals surface area contributed by atoms with Crippen LogP contribution in [0.1, 0.15) is 12.5 Å². The Kier molecular flexibility index (Phi) is 5.48. The zero-order valence-corrected chi connectivity index (χ0v) is 12.9. The summed E-state index contributed by atoms with van der Waals surface area (Å²) in [5.74, 6) is -0.214. The number of anilines is 1. The zero-order chi connectivity index (χ0) is 17.0. The van der Waals surface area contributed by atoms with Crippen LogP contribution in [0.2, 0.25) is 0 Å². The van der Waals surface area contributed by atoms with E-state index in [2.05, 4.69) is 10.6 Å². The van der Waals surface area contributed by atoms with Crippen molar-refractivity contribution in [3.63, 3.8) is 0 Å². The van der Waals surface area contributed by atoms with Crippen LogP contribution in [0.5, 0.6) is 5.75 Å². The molecule has 1 aromatic rings. The van der Waals surface area contributed by atoms with Crippen molar-refractivity contribution in [3.05, 3.63) is 23.8 Å². The normalized spacial score (nSPS) is 21.8. The number of nitrogens with one attached hydrogen (secondary N) is 2. The second kappa shape index (κ2) is 7.18. The number of halogens is 3. The Balaban J connectivity index is 2.06. The first-order chi connectivity index (χ1) is 10.8. The van der Waals surface area contributed by atoms with Gasteiger partial charge in [0.05, 0.1) is 12.7 Å². The Morgan fingerprint density at radius 1 is 1.48 bits per heavy atom. The van der Waals surface area contributed by atoms with Crippen LogP contribution in [0.25, 0.3) is 0 Å². The van der Waals surface area contributed by atoms with E-state index in [0.29, 0.717) is 24.4 Å². The van der Waals surface area contributed by atoms with Gasteiger partial charge in [0.2, 0.25) is 5.91 Å². The summed E-state index contributed by atoms with van der Waals surface area (Å²) in [6.45, 7) is 3.10. The van der Waals surface area contributed by atoms with Gasteiger partial charge < -0.3 is 20.1 Å². The van der Waals surface area contributed by atoms with E-state index >= 15 is 0 Å². The van der Waals surface area contributed by atoms with Gasteiger partial charge in [0, 0.05) is 17.8 Å². The third-order valence-corrected chi connectivity index (χ3v) is 3.53. The first-order valence-corrected chi connectivity index (χ1v) is 7.23. The van der Waals surface area contributed by atoms with Gasteiger partial charge in [-0.05, 0) is 26.0 Å². The Hall–Kier alpha value is -1.80. The van der Waals surface area contributed by atoms with Crippen molar-refractivity contribution < 1.29 is 27.4 Å². The van der Waals surface area contributed by atoms with Crippen molar-refractivity contribution >= 4 is 11.6 Å². The van der Waals surface area contributed by atoms with Crippen molar-refractivity contribution in [2.75, 3.05) is 25.1 Å². The molecule has 0 unspecified atom stereocenters. The highest BCUT2D eigenvalue weighted by atomic mass is 19.4. The van der Waals surface area contributed by atoms with E-state index < -0.39 is 18.8 Å². The van der Waals surface area contributed by atoms with E-state index in [1.54, 1.807) is 19.9 Å². The van der Waals surface area contributed by atoms with E-state index in [9.17, 15) is 18.0 Å². The minimum Gasteiger partial charge on any atom is -0.484 e. The van der Waals surface area contributed by atoms with Gasteiger partial charge in [0.1, 0.15) is 11.8 Å². The fourth-order valence-corrected chi connectivity index (χ4v) is 2.30. The van der Waals surface area contributed by atoms with E-state index in [-0.39, 0.29) is 17.8 Å². The number of morpholine rings is 1. The monoisotopic (exact) mass is 332 g/mol. The molecule has 128 valence electrons. The Bertz CT molecular complexity index is 563. The summed E-state index contributed by atoms with van der Waals surface area (Å²) < 4.78 is 46.9. The average Bonchev–Trinajstić information content (AvgIpc) is 2.47. The molecular formula is C15H19F3N2O3. The van der Waals surface area contributed by atoms with Gasteiger partial charge in [-0.2, -0.15) is 13.2 Å². The predicted octanol–water partition coefficient (Wildman–Crippen LogP) is 2.25. The number of hydrogen-bond donors (Lipinski definition) is 2. The van der Waals surface area contributed by atoms with Gasteiger partial charge in [-0.1, -0.05) is 6.07 Å². The van der Waals surface area contributed by atoms with Crippen LogP contribution in [0.15, 0.2) is 18.2 Å². The molecule has 0 aliphatic carbocycles. The van der Waals surface area contributed by atoms with Crippen molar-refractivity contribution in [2.24, 2.45) is 0 Å². The molecule has 0 spiro atoms. The Morgan fingerprint density at radius 2 is 2.22 bits per heavy atom. The molecule has 8 heteroatoms. The highest BCUT2D eigenvalue weighted by Crippen LogP contribution is 2.27. The number of rotatable bonds is 4. The molecule has 1 aromatic carbocycles. The number of alkyl halides is 3. The summed E-state index contributed by atoms with van der Waals surface area (Å²) in [6.07, 6.45) is -4.70. The van der Waals surface area contributed by atoms with Gasteiger partial charge in [0.15, 0.2) is 6.61 Å². The first-order valence-electron chi connectivity index (χ1n) is 7.23. The standard InChI is InChI=1S/C15H19F3N2O3/c1-9-11(4-3-5-12(9)23-8-15(16,17)18)20-14(21)13-10(2)22-7-6-19-13/h3-5,10,13,19H,6-8H2,1-2H3,(H,20,21)/t10-,13+/m1/s1. The second-order valence-electron chi connectivity index (χ2n) is 5.33. The second-order valence-corrected chi connectivity index (χ2v) is 5.33. The molecule has 1 heterocycles. The van der Waals surface area contributed by atoms with Crippen molar-refractivity contribution in [1.29, 1.82) is 0 Å². The predicted molar refractivity (Wildman–Crippen MR) is 78.6 cm³/mol. The maximum atomic E-state index is 12.3. The SMILES string of the molecule is Cc1c(NC(=O)[C@H]2NCCO[C@@H]2C)cccc1OCC(F)(F)F. The van der Waals surface area contributed by atoms with Crippen LogP contribution in [-0.2, 0) is 9.53 Å². The molecule has 2 atom stereocenters. The lowest BCUT2D eigenvalue weighted by molar-refractivity contribution is -0.153. The van der Waals surface area contributed by atoms with Crippen molar-refractivity contribution in [1.82, 2.24) is 5.32 Å². The quantitative estimate of drug-likeness (QED) is 0.888. The smallest absolute Gasteiger partial charge is 0.422 e. The van der Waals surface area contributed by atoms with E-state index in [4.69, 9.17) is 9.47 Å². The highest BCUT2D eigenvalue weighted by Gasteiger charge is 2.30. The molecule has 0 aromatic heterocycles. The molecule has 1 amide bonds. The average molecular weight is 332 g/mol. The zero-order valence-electron chi connectivity index (χ0n) is 12.9. The van der Waals surface area contributed by atoms with E-state index in [1.807, 2.05) is 0 Å². The summed E-state index contributed by atoms with van der Waals surface area (Å²) in [5.41, 5.74) is 0.851. The van der Waals surface area contributed by atoms with Crippen molar-refractivity contribution in [2.45, 2.75) is 32.2 Å². The lowest BCUT2D eigenvalue weighted by Gasteiger charge is -2.29. The van der Waals surface area contributed by atoms with E-state index in [0.717, 1.165) is 0 Å². The van der Waals surface area contributed by atoms with Crippen LogP contribution in [0.4, 0.5) is 18.9 Å². The molecule has 1 aliphatic rings. The fraction of sp³-hybridized carbons (Fsp3) is 0.533. The lowest BCUT2D eigenvalue weighted by Crippen LogP contribution is -2.53. The van der Waals surface area contributed by atoms with E-state index in [1.165, 1.54) is 12.1 Å². The molecular weight excluding hydrogens is 313 g/mol.